The summed E-state index contributed by atoms with van der Waals surface area (Å²) in [6.45, 7) is 1.35. The second kappa shape index (κ2) is 7.68. The molecule has 0 N–H and O–H groups in total. The maximum absolute atomic E-state index is 12.5. The summed E-state index contributed by atoms with van der Waals surface area (Å²) in [7, 11) is -3.28. The van der Waals surface area contributed by atoms with Gasteiger partial charge in [-0.1, -0.05) is 43.2 Å². The minimum atomic E-state index is -3.28. The second-order valence-corrected chi connectivity index (χ2v) is 9.41. The Bertz CT molecular complexity index is 650. The molecule has 3 rings (SSSR count). The van der Waals surface area contributed by atoms with Crippen LogP contribution in [0, 0.1) is 0 Å². The summed E-state index contributed by atoms with van der Waals surface area (Å²) in [5.74, 6) is -0.0285. The molecule has 1 amide bonds. The Kier molecular flexibility index (Phi) is 5.59. The number of hydrogen-bond acceptors (Lipinski definition) is 3. The molecule has 5 heteroatoms. The number of nitrogens with zero attached hydrogens (tertiary/aromatic N) is 1. The lowest BCUT2D eigenvalue weighted by Gasteiger charge is -2.22. The van der Waals surface area contributed by atoms with Gasteiger partial charge < -0.3 is 4.90 Å². The van der Waals surface area contributed by atoms with Gasteiger partial charge in [-0.05, 0) is 43.6 Å². The molecule has 2 fully saturated rings. The molecule has 4 nitrogen and oxygen atoms in total. The predicted octanol–water partition coefficient (Wildman–Crippen LogP) is 3.14. The highest BCUT2D eigenvalue weighted by Gasteiger charge is 2.32. The quantitative estimate of drug-likeness (QED) is 0.839. The second-order valence-electron chi connectivity index (χ2n) is 7.13. The molecule has 1 aromatic carbocycles. The number of hydrogen-bond donors (Lipinski definition) is 0. The molecule has 1 heterocycles. The largest absolute Gasteiger partial charge is 0.342 e. The van der Waals surface area contributed by atoms with E-state index in [1.54, 1.807) is 4.90 Å². The SMILES string of the molecule is O=C(CS(=O)(=O)C1CCCC1)N1CCCC(c2ccccc2)CC1. The number of rotatable bonds is 4. The first-order valence-electron chi connectivity index (χ1n) is 9.10. The zero-order valence-corrected chi connectivity index (χ0v) is 15.0. The normalized spacial score (nSPS) is 23.2. The van der Waals surface area contributed by atoms with E-state index in [4.69, 9.17) is 0 Å². The van der Waals surface area contributed by atoms with E-state index in [0.717, 1.165) is 44.9 Å². The van der Waals surface area contributed by atoms with Gasteiger partial charge in [-0.15, -0.1) is 0 Å². The summed E-state index contributed by atoms with van der Waals surface area (Å²) in [6.07, 6.45) is 6.32. The van der Waals surface area contributed by atoms with E-state index < -0.39 is 9.84 Å². The molecule has 1 atom stereocenters. The van der Waals surface area contributed by atoms with E-state index in [-0.39, 0.29) is 16.9 Å². The van der Waals surface area contributed by atoms with E-state index in [1.807, 2.05) is 6.07 Å². The van der Waals surface area contributed by atoms with Gasteiger partial charge in [0.25, 0.3) is 0 Å². The molecular weight excluding hydrogens is 322 g/mol. The average molecular weight is 349 g/mol. The summed E-state index contributed by atoms with van der Waals surface area (Å²) < 4.78 is 24.8. The maximum atomic E-state index is 12.5. The minimum Gasteiger partial charge on any atom is -0.342 e. The molecule has 0 aromatic heterocycles. The Morgan fingerprint density at radius 2 is 1.67 bits per heavy atom. The van der Waals surface area contributed by atoms with Crippen LogP contribution in [0.5, 0.6) is 0 Å². The molecule has 0 spiro atoms. The number of likely N-dealkylation sites (tertiary alicyclic amines) is 1. The van der Waals surface area contributed by atoms with Gasteiger partial charge in [0.1, 0.15) is 5.75 Å². The lowest BCUT2D eigenvalue weighted by Crippen LogP contribution is -2.38. The van der Waals surface area contributed by atoms with Crippen molar-refractivity contribution in [2.24, 2.45) is 0 Å². The molecule has 0 radical (unpaired) electrons. The molecule has 1 saturated heterocycles. The van der Waals surface area contributed by atoms with Crippen molar-refractivity contribution in [2.45, 2.75) is 56.1 Å². The Balaban J connectivity index is 1.58. The van der Waals surface area contributed by atoms with Crippen molar-refractivity contribution in [3.8, 4) is 0 Å². The van der Waals surface area contributed by atoms with E-state index >= 15 is 0 Å². The first-order chi connectivity index (χ1) is 11.6. The lowest BCUT2D eigenvalue weighted by atomic mass is 9.92. The highest BCUT2D eigenvalue weighted by molar-refractivity contribution is 7.92. The van der Waals surface area contributed by atoms with Gasteiger partial charge in [0.2, 0.25) is 5.91 Å². The summed E-state index contributed by atoms with van der Waals surface area (Å²) in [5.41, 5.74) is 1.32. The van der Waals surface area contributed by atoms with Crippen LogP contribution >= 0.6 is 0 Å². The van der Waals surface area contributed by atoms with E-state index in [9.17, 15) is 13.2 Å². The fourth-order valence-electron chi connectivity index (χ4n) is 4.03. The van der Waals surface area contributed by atoms with Gasteiger partial charge in [-0.2, -0.15) is 0 Å². The number of amides is 1. The van der Waals surface area contributed by atoms with E-state index in [2.05, 4.69) is 24.3 Å². The van der Waals surface area contributed by atoms with Gasteiger partial charge >= 0.3 is 0 Å². The number of sulfone groups is 1. The third-order valence-corrected chi connectivity index (χ3v) is 7.62. The fourth-order valence-corrected chi connectivity index (χ4v) is 5.85. The average Bonchev–Trinajstić information content (AvgIpc) is 3.01. The van der Waals surface area contributed by atoms with Crippen LogP contribution in [-0.2, 0) is 14.6 Å². The molecule has 132 valence electrons. The molecule has 1 unspecified atom stereocenters. The van der Waals surface area contributed by atoms with Crippen LogP contribution in [0.3, 0.4) is 0 Å². The smallest absolute Gasteiger partial charge is 0.237 e. The van der Waals surface area contributed by atoms with Gasteiger partial charge in [0.05, 0.1) is 5.25 Å². The standard InChI is InChI=1S/C19H27NO3S/c21-19(15-24(22,23)18-10-4-5-11-18)20-13-6-9-17(12-14-20)16-7-2-1-3-8-16/h1-3,7-8,17-18H,4-6,9-15H2. The van der Waals surface area contributed by atoms with E-state index in [0.29, 0.717) is 19.0 Å². The Hall–Kier alpha value is -1.36. The molecule has 0 bridgehead atoms. The van der Waals surface area contributed by atoms with E-state index in [1.165, 1.54) is 5.56 Å². The van der Waals surface area contributed by atoms with Crippen molar-refractivity contribution in [1.82, 2.24) is 4.90 Å². The summed E-state index contributed by atoms with van der Waals surface area (Å²) in [5, 5.41) is -0.287. The first kappa shape index (κ1) is 17.5. The molecule has 1 saturated carbocycles. The van der Waals surface area contributed by atoms with Crippen molar-refractivity contribution in [2.75, 3.05) is 18.8 Å². The molecule has 1 aliphatic carbocycles. The first-order valence-corrected chi connectivity index (χ1v) is 10.8. The molecule has 24 heavy (non-hydrogen) atoms. The van der Waals surface area contributed by atoms with Crippen molar-refractivity contribution >= 4 is 15.7 Å². The molecule has 2 aliphatic rings. The molecule has 1 aliphatic heterocycles. The zero-order chi connectivity index (χ0) is 17.0. The van der Waals surface area contributed by atoms with Gasteiger partial charge in [-0.3, -0.25) is 4.79 Å². The third kappa shape index (κ3) is 4.18. The van der Waals surface area contributed by atoms with Gasteiger partial charge in [-0.25, -0.2) is 8.42 Å². The maximum Gasteiger partial charge on any atom is 0.237 e. The van der Waals surface area contributed by atoms with Crippen molar-refractivity contribution in [1.29, 1.82) is 0 Å². The Morgan fingerprint density at radius 1 is 0.958 bits per heavy atom. The predicted molar refractivity (Wildman–Crippen MR) is 95.7 cm³/mol. The zero-order valence-electron chi connectivity index (χ0n) is 14.2. The van der Waals surface area contributed by atoms with Crippen molar-refractivity contribution in [3.63, 3.8) is 0 Å². The van der Waals surface area contributed by atoms with Crippen LogP contribution in [0.2, 0.25) is 0 Å². The molecular formula is C19H27NO3S. The third-order valence-electron chi connectivity index (χ3n) is 5.49. The summed E-state index contributed by atoms with van der Waals surface area (Å²) >= 11 is 0. The van der Waals surface area contributed by atoms with Crippen LogP contribution in [0.4, 0.5) is 0 Å². The van der Waals surface area contributed by atoms with Crippen molar-refractivity contribution < 1.29 is 13.2 Å². The molecule has 1 aromatic rings. The number of benzene rings is 1. The van der Waals surface area contributed by atoms with Crippen LogP contribution in [0.1, 0.15) is 56.4 Å². The minimum absolute atomic E-state index is 0.199. The van der Waals surface area contributed by atoms with Gasteiger partial charge in [0, 0.05) is 13.1 Å². The van der Waals surface area contributed by atoms with Crippen LogP contribution in [0.15, 0.2) is 30.3 Å². The summed E-state index contributed by atoms with van der Waals surface area (Å²) in [4.78, 5) is 14.3. The topological polar surface area (TPSA) is 54.5 Å². The van der Waals surface area contributed by atoms with Crippen LogP contribution in [0.25, 0.3) is 0 Å². The lowest BCUT2D eigenvalue weighted by molar-refractivity contribution is -0.128. The Morgan fingerprint density at radius 3 is 2.38 bits per heavy atom. The number of carbonyl (C=O) groups is 1. The summed E-state index contributed by atoms with van der Waals surface area (Å²) in [6, 6.07) is 10.4. The van der Waals surface area contributed by atoms with Gasteiger partial charge in [0.15, 0.2) is 9.84 Å². The Labute approximate surface area is 145 Å². The highest BCUT2D eigenvalue weighted by atomic mass is 32.2. The highest BCUT2D eigenvalue weighted by Crippen LogP contribution is 2.29. The van der Waals surface area contributed by atoms with Crippen LogP contribution in [-0.4, -0.2) is 43.3 Å². The van der Waals surface area contributed by atoms with Crippen molar-refractivity contribution in [3.05, 3.63) is 35.9 Å². The monoisotopic (exact) mass is 349 g/mol. The van der Waals surface area contributed by atoms with Crippen LogP contribution < -0.4 is 0 Å². The fraction of sp³-hybridized carbons (Fsp3) is 0.632. The number of carbonyl (C=O) groups excluding carboxylic acids is 1.